The Morgan fingerprint density at radius 1 is 1.41 bits per heavy atom. The molecule has 1 atom stereocenters. The molecule has 0 aliphatic carbocycles. The minimum atomic E-state index is -3.02. The van der Waals surface area contributed by atoms with Gasteiger partial charge in [-0.25, -0.2) is 17.6 Å². The van der Waals surface area contributed by atoms with E-state index in [1.54, 1.807) is 7.05 Å². The highest BCUT2D eigenvalue weighted by molar-refractivity contribution is 7.91. The second-order valence-corrected chi connectivity index (χ2v) is 7.43. The largest absolute Gasteiger partial charge is 0.492 e. The van der Waals surface area contributed by atoms with E-state index in [0.717, 1.165) is 0 Å². The maximum Gasteiger partial charge on any atom is 0.317 e. The molecule has 1 N–H and O–H groups in total. The van der Waals surface area contributed by atoms with Crippen molar-refractivity contribution in [2.75, 3.05) is 31.7 Å². The van der Waals surface area contributed by atoms with Gasteiger partial charge in [0.25, 0.3) is 0 Å². The highest BCUT2D eigenvalue weighted by Crippen LogP contribution is 2.16. The second kappa shape index (κ2) is 6.95. The number of carbonyl (C=O) groups excluding carboxylic acids is 1. The number of sulfone groups is 1. The van der Waals surface area contributed by atoms with E-state index in [-0.39, 0.29) is 42.5 Å². The summed E-state index contributed by atoms with van der Waals surface area (Å²) in [6.45, 7) is 0.522. The summed E-state index contributed by atoms with van der Waals surface area (Å²) < 4.78 is 40.9. The van der Waals surface area contributed by atoms with E-state index in [0.29, 0.717) is 12.2 Å². The van der Waals surface area contributed by atoms with Gasteiger partial charge in [-0.1, -0.05) is 0 Å². The molecule has 2 rings (SSSR count). The van der Waals surface area contributed by atoms with E-state index in [9.17, 15) is 17.6 Å². The van der Waals surface area contributed by atoms with Gasteiger partial charge in [0.05, 0.1) is 18.1 Å². The normalized spacial score (nSPS) is 19.6. The molecule has 1 unspecified atom stereocenters. The van der Waals surface area contributed by atoms with Gasteiger partial charge in [-0.15, -0.1) is 0 Å². The van der Waals surface area contributed by atoms with Gasteiger partial charge >= 0.3 is 6.03 Å². The number of rotatable bonds is 5. The van der Waals surface area contributed by atoms with Crippen LogP contribution in [0, 0.1) is 5.82 Å². The molecule has 0 spiro atoms. The van der Waals surface area contributed by atoms with Crippen LogP contribution in [0.25, 0.3) is 0 Å². The molecular formula is C14H19FN2O4S. The number of halogens is 1. The first-order valence-electron chi connectivity index (χ1n) is 6.97. The zero-order chi connectivity index (χ0) is 16.2. The molecule has 0 bridgehead atoms. The Morgan fingerprint density at radius 2 is 2.09 bits per heavy atom. The smallest absolute Gasteiger partial charge is 0.317 e. The van der Waals surface area contributed by atoms with Gasteiger partial charge in [-0.2, -0.15) is 0 Å². The maximum atomic E-state index is 12.7. The lowest BCUT2D eigenvalue weighted by molar-refractivity contribution is 0.192. The fourth-order valence-electron chi connectivity index (χ4n) is 2.23. The van der Waals surface area contributed by atoms with Crippen molar-refractivity contribution in [1.82, 2.24) is 10.2 Å². The minimum Gasteiger partial charge on any atom is -0.492 e. The van der Waals surface area contributed by atoms with Crippen LogP contribution in [0.4, 0.5) is 9.18 Å². The third kappa shape index (κ3) is 4.59. The molecule has 1 fully saturated rings. The summed E-state index contributed by atoms with van der Waals surface area (Å²) in [5, 5.41) is 2.66. The van der Waals surface area contributed by atoms with Crippen molar-refractivity contribution in [2.24, 2.45) is 0 Å². The SMILES string of the molecule is CN(C(=O)NCCOc1ccc(F)cc1)C1CCS(=O)(=O)C1. The highest BCUT2D eigenvalue weighted by atomic mass is 32.2. The predicted molar refractivity (Wildman–Crippen MR) is 80.1 cm³/mol. The Hall–Kier alpha value is -1.83. The summed E-state index contributed by atoms with van der Waals surface area (Å²) in [5.41, 5.74) is 0. The summed E-state index contributed by atoms with van der Waals surface area (Å²) >= 11 is 0. The summed E-state index contributed by atoms with van der Waals surface area (Å²) in [6, 6.07) is 5.00. The van der Waals surface area contributed by atoms with Gasteiger partial charge in [-0.3, -0.25) is 0 Å². The van der Waals surface area contributed by atoms with Crippen molar-refractivity contribution in [1.29, 1.82) is 0 Å². The van der Waals surface area contributed by atoms with Gasteiger partial charge in [0.1, 0.15) is 18.2 Å². The third-order valence-corrected chi connectivity index (χ3v) is 5.29. The van der Waals surface area contributed by atoms with E-state index in [1.165, 1.54) is 29.2 Å². The standard InChI is InChI=1S/C14H19FN2O4S/c1-17(12-6-9-22(19,20)10-12)14(18)16-7-8-21-13-4-2-11(15)3-5-13/h2-5,12H,6-10H2,1H3,(H,16,18). The van der Waals surface area contributed by atoms with E-state index < -0.39 is 9.84 Å². The van der Waals surface area contributed by atoms with Crippen LogP contribution in [0.15, 0.2) is 24.3 Å². The molecule has 1 heterocycles. The van der Waals surface area contributed by atoms with Gasteiger partial charge in [0.2, 0.25) is 0 Å². The van der Waals surface area contributed by atoms with Gasteiger partial charge in [0, 0.05) is 13.1 Å². The van der Waals surface area contributed by atoms with E-state index >= 15 is 0 Å². The summed E-state index contributed by atoms with van der Waals surface area (Å²) in [4.78, 5) is 13.3. The van der Waals surface area contributed by atoms with Crippen molar-refractivity contribution in [3.05, 3.63) is 30.1 Å². The average molecular weight is 330 g/mol. The second-order valence-electron chi connectivity index (χ2n) is 5.20. The van der Waals surface area contributed by atoms with Crippen LogP contribution in [0.5, 0.6) is 5.75 Å². The summed E-state index contributed by atoms with van der Waals surface area (Å²) in [5.74, 6) is 0.325. The average Bonchev–Trinajstić information content (AvgIpc) is 2.84. The van der Waals surface area contributed by atoms with Crippen LogP contribution < -0.4 is 10.1 Å². The fraction of sp³-hybridized carbons (Fsp3) is 0.500. The van der Waals surface area contributed by atoms with Crippen LogP contribution in [-0.4, -0.2) is 57.1 Å². The van der Waals surface area contributed by atoms with Crippen LogP contribution in [0.3, 0.4) is 0 Å². The van der Waals surface area contributed by atoms with Gasteiger partial charge in [0.15, 0.2) is 9.84 Å². The Kier molecular flexibility index (Phi) is 5.23. The molecule has 1 saturated heterocycles. The minimum absolute atomic E-state index is 0.0169. The molecule has 22 heavy (non-hydrogen) atoms. The number of nitrogens with one attached hydrogen (secondary N) is 1. The lowest BCUT2D eigenvalue weighted by Gasteiger charge is -2.23. The fourth-order valence-corrected chi connectivity index (χ4v) is 4.00. The number of amides is 2. The van der Waals surface area contributed by atoms with Crippen LogP contribution >= 0.6 is 0 Å². The zero-order valence-electron chi connectivity index (χ0n) is 12.3. The Bertz CT molecular complexity index is 618. The zero-order valence-corrected chi connectivity index (χ0v) is 13.1. The number of carbonyl (C=O) groups is 1. The quantitative estimate of drug-likeness (QED) is 0.818. The molecule has 122 valence electrons. The molecule has 0 radical (unpaired) electrons. The first-order chi connectivity index (χ1) is 10.4. The summed E-state index contributed by atoms with van der Waals surface area (Å²) in [7, 11) is -1.43. The first kappa shape index (κ1) is 16.5. The number of hydrogen-bond acceptors (Lipinski definition) is 4. The monoisotopic (exact) mass is 330 g/mol. The Morgan fingerprint density at radius 3 is 2.68 bits per heavy atom. The first-order valence-corrected chi connectivity index (χ1v) is 8.79. The Balaban J connectivity index is 1.70. The molecule has 1 aromatic rings. The molecule has 1 aliphatic rings. The molecule has 6 nitrogen and oxygen atoms in total. The lowest BCUT2D eigenvalue weighted by Crippen LogP contribution is -2.45. The predicted octanol–water partition coefficient (Wildman–Crippen LogP) is 1.03. The number of urea groups is 1. The number of benzene rings is 1. The molecular weight excluding hydrogens is 311 g/mol. The van der Waals surface area contributed by atoms with Gasteiger partial charge < -0.3 is 15.0 Å². The van der Waals surface area contributed by atoms with Crippen molar-refractivity contribution >= 4 is 15.9 Å². The highest BCUT2D eigenvalue weighted by Gasteiger charge is 2.32. The van der Waals surface area contributed by atoms with Crippen LogP contribution in [0.1, 0.15) is 6.42 Å². The number of nitrogens with zero attached hydrogens (tertiary/aromatic N) is 1. The summed E-state index contributed by atoms with van der Waals surface area (Å²) in [6.07, 6.45) is 0.471. The van der Waals surface area contributed by atoms with E-state index in [1.807, 2.05) is 0 Å². The van der Waals surface area contributed by atoms with Crippen molar-refractivity contribution < 1.29 is 22.3 Å². The molecule has 0 saturated carbocycles. The lowest BCUT2D eigenvalue weighted by atomic mass is 10.2. The molecule has 1 aromatic carbocycles. The van der Waals surface area contributed by atoms with Crippen molar-refractivity contribution in [3.8, 4) is 5.75 Å². The molecule has 0 aromatic heterocycles. The number of hydrogen-bond donors (Lipinski definition) is 1. The topological polar surface area (TPSA) is 75.7 Å². The number of ether oxygens (including phenoxy) is 1. The molecule has 8 heteroatoms. The van der Waals surface area contributed by atoms with E-state index in [4.69, 9.17) is 4.74 Å². The van der Waals surface area contributed by atoms with Crippen molar-refractivity contribution in [3.63, 3.8) is 0 Å². The Labute approximate surface area is 129 Å². The maximum absolute atomic E-state index is 12.7. The third-order valence-electron chi connectivity index (χ3n) is 3.54. The van der Waals surface area contributed by atoms with E-state index in [2.05, 4.69) is 5.32 Å². The van der Waals surface area contributed by atoms with Gasteiger partial charge in [-0.05, 0) is 30.7 Å². The molecule has 1 aliphatic heterocycles. The van der Waals surface area contributed by atoms with Crippen LogP contribution in [0.2, 0.25) is 0 Å². The molecule has 2 amide bonds. The van der Waals surface area contributed by atoms with Crippen molar-refractivity contribution in [2.45, 2.75) is 12.5 Å². The van der Waals surface area contributed by atoms with Crippen LogP contribution in [-0.2, 0) is 9.84 Å².